The number of aromatic amines is 1. The highest BCUT2D eigenvalue weighted by molar-refractivity contribution is 5.79. The van der Waals surface area contributed by atoms with Crippen LogP contribution in [0.25, 0.3) is 52.2 Å². The smallest absolute Gasteiger partial charge is 0.141 e. The monoisotopic (exact) mass is 443 g/mol. The Balaban J connectivity index is 1.73. The van der Waals surface area contributed by atoms with Gasteiger partial charge in [0.05, 0.1) is 22.8 Å². The fourth-order valence-corrected chi connectivity index (χ4v) is 4.53. The van der Waals surface area contributed by atoms with Gasteiger partial charge in [-0.05, 0) is 117 Å². The van der Waals surface area contributed by atoms with E-state index in [1.54, 1.807) is 0 Å². The van der Waals surface area contributed by atoms with Crippen LogP contribution in [0.1, 0.15) is 45.2 Å². The minimum Gasteiger partial charge on any atom is -0.355 e. The van der Waals surface area contributed by atoms with Gasteiger partial charge in [0.1, 0.15) is 5.82 Å². The molecular weight excluding hydrogens is 418 g/mol. The van der Waals surface area contributed by atoms with E-state index in [1.165, 1.54) is 16.7 Å². The van der Waals surface area contributed by atoms with Crippen LogP contribution in [0.2, 0.25) is 0 Å². The minimum atomic E-state index is 0.912. The second-order valence-electron chi connectivity index (χ2n) is 8.95. The predicted octanol–water partition coefficient (Wildman–Crippen LogP) is 6.75. The van der Waals surface area contributed by atoms with Crippen molar-refractivity contribution in [3.63, 3.8) is 0 Å². The van der Waals surface area contributed by atoms with E-state index in [0.29, 0.717) is 0 Å². The van der Waals surface area contributed by atoms with Gasteiger partial charge in [-0.2, -0.15) is 0 Å². The Kier molecular flexibility index (Phi) is 4.59. The second-order valence-corrected chi connectivity index (χ2v) is 8.95. The molecule has 34 heavy (non-hydrogen) atoms. The molecule has 0 amide bonds. The first-order valence-electron chi connectivity index (χ1n) is 11.5. The number of nitrogens with one attached hydrogen (secondary N) is 1. The first-order chi connectivity index (χ1) is 16.4. The highest BCUT2D eigenvalue weighted by Crippen LogP contribution is 2.27. The van der Waals surface area contributed by atoms with E-state index >= 15 is 0 Å². The summed E-state index contributed by atoms with van der Waals surface area (Å²) in [6.07, 6.45) is 8.19. The summed E-state index contributed by atoms with van der Waals surface area (Å²) in [7, 11) is 0. The van der Waals surface area contributed by atoms with Gasteiger partial charge in [-0.1, -0.05) is 0 Å². The van der Waals surface area contributed by atoms with Crippen LogP contribution >= 0.6 is 0 Å². The van der Waals surface area contributed by atoms with Crippen molar-refractivity contribution in [3.05, 3.63) is 93.7 Å². The SMILES string of the molecule is Cc1nc(-n2c3ccc2cc2nc(cc4ccc(cc5nc(c3)C=C5)[nH]4)C=C2)c(C)c(C)c1C. The van der Waals surface area contributed by atoms with Gasteiger partial charge in [-0.3, -0.25) is 4.57 Å². The Bertz CT molecular complexity index is 1600. The number of pyridine rings is 1. The lowest BCUT2D eigenvalue weighted by atomic mass is 10.0. The Labute approximate surface area is 198 Å². The third-order valence-electron chi connectivity index (χ3n) is 6.73. The fraction of sp³-hybridized carbons (Fsp3) is 0.138. The lowest BCUT2D eigenvalue weighted by Crippen LogP contribution is -2.06. The molecule has 1 N–H and O–H groups in total. The van der Waals surface area contributed by atoms with Crippen LogP contribution < -0.4 is 0 Å². The third-order valence-corrected chi connectivity index (χ3v) is 6.73. The third kappa shape index (κ3) is 3.46. The van der Waals surface area contributed by atoms with Gasteiger partial charge >= 0.3 is 0 Å². The summed E-state index contributed by atoms with van der Waals surface area (Å²) in [5, 5.41) is 0. The van der Waals surface area contributed by atoms with E-state index in [2.05, 4.69) is 97.9 Å². The van der Waals surface area contributed by atoms with Crippen molar-refractivity contribution < 1.29 is 0 Å². The molecule has 6 heterocycles. The molecule has 0 unspecified atom stereocenters. The molecule has 8 bridgehead atoms. The number of aryl methyl sites for hydroxylation is 1. The van der Waals surface area contributed by atoms with Crippen molar-refractivity contribution in [2.75, 3.05) is 0 Å². The number of hydrogen-bond acceptors (Lipinski definition) is 3. The summed E-state index contributed by atoms with van der Waals surface area (Å²) in [6, 6.07) is 16.7. The summed E-state index contributed by atoms with van der Waals surface area (Å²) < 4.78 is 2.22. The molecule has 2 aliphatic rings. The van der Waals surface area contributed by atoms with E-state index < -0.39 is 0 Å². The van der Waals surface area contributed by atoms with E-state index in [4.69, 9.17) is 15.0 Å². The summed E-state index contributed by atoms with van der Waals surface area (Å²) in [4.78, 5) is 18.1. The van der Waals surface area contributed by atoms with Crippen LogP contribution in [0.5, 0.6) is 0 Å². The average Bonchev–Trinajstić information content (AvgIpc) is 3.61. The Morgan fingerprint density at radius 2 is 1.06 bits per heavy atom. The van der Waals surface area contributed by atoms with Crippen molar-refractivity contribution in [1.29, 1.82) is 0 Å². The van der Waals surface area contributed by atoms with Crippen LogP contribution in [0, 0.1) is 27.7 Å². The molecule has 4 aromatic rings. The minimum absolute atomic E-state index is 0.912. The standard InChI is InChI=1S/C29H25N5/c1-17-18(2)20(4)30-29(19(17)3)34-27-11-12-28(34)16-26-10-8-24(33-26)14-22-6-5-21(31-22)13-23-7-9-25(15-27)32-23/h5-16,31H,1-4H3. The number of H-pyrrole nitrogens is 1. The molecule has 5 heteroatoms. The van der Waals surface area contributed by atoms with Crippen LogP contribution in [-0.2, 0) is 0 Å². The number of hydrogen-bond donors (Lipinski definition) is 1. The van der Waals surface area contributed by atoms with Gasteiger partial charge in [0.2, 0.25) is 0 Å². The number of fused-ring (bicyclic) bond motifs is 8. The molecule has 4 aromatic heterocycles. The molecule has 0 saturated heterocycles. The van der Waals surface area contributed by atoms with Crippen molar-refractivity contribution in [2.45, 2.75) is 27.7 Å². The Morgan fingerprint density at radius 3 is 1.59 bits per heavy atom. The van der Waals surface area contributed by atoms with Gasteiger partial charge in [-0.15, -0.1) is 0 Å². The van der Waals surface area contributed by atoms with Crippen LogP contribution in [0.15, 0.2) is 48.5 Å². The Morgan fingerprint density at radius 1 is 0.559 bits per heavy atom. The van der Waals surface area contributed by atoms with Gasteiger partial charge in [-0.25, -0.2) is 15.0 Å². The Hall–Kier alpha value is -4.25. The van der Waals surface area contributed by atoms with Gasteiger partial charge in [0, 0.05) is 27.8 Å². The van der Waals surface area contributed by atoms with Gasteiger partial charge < -0.3 is 4.98 Å². The van der Waals surface area contributed by atoms with Crippen molar-refractivity contribution in [1.82, 2.24) is 24.5 Å². The summed E-state index contributed by atoms with van der Waals surface area (Å²) in [5.74, 6) is 0.943. The topological polar surface area (TPSA) is 59.4 Å². The van der Waals surface area contributed by atoms with Crippen LogP contribution in [-0.4, -0.2) is 24.5 Å². The predicted molar refractivity (Wildman–Crippen MR) is 141 cm³/mol. The van der Waals surface area contributed by atoms with Gasteiger partial charge in [0.15, 0.2) is 0 Å². The number of aromatic nitrogens is 5. The molecular formula is C29H25N5. The quantitative estimate of drug-likeness (QED) is 0.306. The second kappa shape index (κ2) is 7.66. The molecule has 0 spiro atoms. The van der Waals surface area contributed by atoms with E-state index in [0.717, 1.165) is 56.4 Å². The fourth-order valence-electron chi connectivity index (χ4n) is 4.53. The normalized spacial score (nSPS) is 12.5. The maximum atomic E-state index is 5.02. The maximum absolute atomic E-state index is 5.02. The molecule has 0 aromatic carbocycles. The zero-order valence-corrected chi connectivity index (χ0v) is 19.7. The molecule has 0 radical (unpaired) electrons. The summed E-state index contributed by atoms with van der Waals surface area (Å²) in [6.45, 7) is 8.53. The molecule has 0 fully saturated rings. The zero-order chi connectivity index (χ0) is 23.4. The van der Waals surface area contributed by atoms with Crippen molar-refractivity contribution >= 4 is 46.4 Å². The molecule has 166 valence electrons. The van der Waals surface area contributed by atoms with Crippen molar-refractivity contribution in [3.8, 4) is 5.82 Å². The summed E-state index contributed by atoms with van der Waals surface area (Å²) in [5.41, 5.74) is 12.5. The van der Waals surface area contributed by atoms with Crippen molar-refractivity contribution in [2.24, 2.45) is 0 Å². The summed E-state index contributed by atoms with van der Waals surface area (Å²) >= 11 is 0. The highest BCUT2D eigenvalue weighted by Gasteiger charge is 2.14. The zero-order valence-electron chi connectivity index (χ0n) is 19.7. The van der Waals surface area contributed by atoms with Crippen LogP contribution in [0.3, 0.4) is 0 Å². The highest BCUT2D eigenvalue weighted by atomic mass is 15.1. The first-order valence-corrected chi connectivity index (χ1v) is 11.5. The maximum Gasteiger partial charge on any atom is 0.141 e. The molecule has 0 saturated carbocycles. The van der Waals surface area contributed by atoms with E-state index in [1.807, 2.05) is 12.2 Å². The average molecular weight is 444 g/mol. The lowest BCUT2D eigenvalue weighted by molar-refractivity contribution is 0.988. The number of nitrogens with zero attached hydrogens (tertiary/aromatic N) is 4. The molecule has 2 aliphatic heterocycles. The lowest BCUT2D eigenvalue weighted by Gasteiger charge is -2.15. The van der Waals surface area contributed by atoms with Gasteiger partial charge in [0.25, 0.3) is 0 Å². The first kappa shape index (κ1) is 20.4. The molecule has 0 atom stereocenters. The van der Waals surface area contributed by atoms with E-state index in [9.17, 15) is 0 Å². The molecule has 0 aliphatic carbocycles. The molecule has 5 nitrogen and oxygen atoms in total. The molecule has 6 rings (SSSR count). The number of rotatable bonds is 1. The van der Waals surface area contributed by atoms with E-state index in [-0.39, 0.29) is 0 Å². The van der Waals surface area contributed by atoms with Crippen LogP contribution in [0.4, 0.5) is 0 Å². The largest absolute Gasteiger partial charge is 0.355 e.